The maximum Gasteiger partial charge on any atom is 0.404 e. The van der Waals surface area contributed by atoms with Gasteiger partial charge in [-0.3, -0.25) is 4.79 Å². The van der Waals surface area contributed by atoms with Gasteiger partial charge in [0.25, 0.3) is 5.69 Å². The fraction of sp³-hybridized carbons (Fsp3) is 0.0455. The van der Waals surface area contributed by atoms with E-state index >= 15 is 35.1 Å². The van der Waals surface area contributed by atoms with Crippen LogP contribution in [0.1, 0.15) is 20.8 Å². The van der Waals surface area contributed by atoms with Crippen LogP contribution < -0.4 is 26.4 Å². The fourth-order valence-electron chi connectivity index (χ4n) is 7.56. The van der Waals surface area contributed by atoms with Gasteiger partial charge in [0.15, 0.2) is 82.6 Å². The summed E-state index contributed by atoms with van der Waals surface area (Å²) in [6.45, 7) is -0.805. The van der Waals surface area contributed by atoms with E-state index in [-0.39, 0.29) is 18.0 Å². The molecule has 0 unspecified atom stereocenters. The molecule has 0 bridgehead atoms. The molecule has 0 aliphatic heterocycles. The molecule has 0 atom stereocenters. The number of carboxylic acids is 1. The topological polar surface area (TPSA) is 84.6 Å². The number of pyridine rings is 1. The molecule has 0 aliphatic carbocycles. The lowest BCUT2D eigenvalue weighted by atomic mass is 9.12. The lowest BCUT2D eigenvalue weighted by molar-refractivity contribution is -0.684. The number of carbonyl (C=O) groups excluding carboxylic acids is 2. The van der Waals surface area contributed by atoms with Crippen LogP contribution in [0, 0.1) is 116 Å². The maximum atomic E-state index is 15.4. The summed E-state index contributed by atoms with van der Waals surface area (Å²) in [5.74, 6) is -73.6. The zero-order valence-electron chi connectivity index (χ0n) is 33.9. The average Bonchev–Trinajstić information content (AvgIpc) is 3.35. The van der Waals surface area contributed by atoms with Crippen LogP contribution >= 0.6 is 0 Å². The largest absolute Gasteiger partial charge is 0.479 e. The summed E-state index contributed by atoms with van der Waals surface area (Å²) in [5.41, 5.74) is -13.7. The van der Waals surface area contributed by atoms with Gasteiger partial charge in [-0.05, 0) is 11.5 Å². The van der Waals surface area contributed by atoms with Crippen LogP contribution in [-0.2, 0) is 16.1 Å². The Bertz CT molecular complexity index is 3000. The Balaban J connectivity index is 0.000000268. The first-order valence-corrected chi connectivity index (χ1v) is 18.9. The molecule has 0 aliphatic rings. The number of carboxylic acid groups (broad SMARTS) is 1. The molecule has 0 amide bonds. The predicted octanol–water partition coefficient (Wildman–Crippen LogP) is 8.10. The molecule has 0 radical (unpaired) electrons. The number of nitrogens with zero attached hydrogens (tertiary/aromatic N) is 1. The third-order valence-corrected chi connectivity index (χ3v) is 10.6. The van der Waals surface area contributed by atoms with Crippen molar-refractivity contribution in [3.63, 3.8) is 0 Å². The van der Waals surface area contributed by atoms with Crippen LogP contribution in [0.15, 0.2) is 66.9 Å². The normalized spacial score (nSPS) is 11.4. The predicted molar refractivity (Wildman–Crippen MR) is 202 cm³/mol. The summed E-state index contributed by atoms with van der Waals surface area (Å²) in [6, 6.07) is 17.7. The molecule has 7 aromatic rings. The molecule has 6 nitrogen and oxygen atoms in total. The molecule has 27 heteroatoms. The third kappa shape index (κ3) is 8.61. The molecule has 6 aromatic carbocycles. The van der Waals surface area contributed by atoms with Gasteiger partial charge in [0.2, 0.25) is 12.3 Å². The number of hydrogen-bond acceptors (Lipinski definition) is 4. The minimum Gasteiger partial charge on any atom is -0.479 e. The third-order valence-electron chi connectivity index (χ3n) is 10.6. The molecule has 0 fully saturated rings. The van der Waals surface area contributed by atoms with Crippen molar-refractivity contribution < 1.29 is 117 Å². The molecular weight excluding hydrogens is 1010 g/mol. The van der Waals surface area contributed by atoms with Gasteiger partial charge in [-0.2, -0.15) is 4.57 Å². The highest BCUT2D eigenvalue weighted by atomic mass is 19.2. The number of ether oxygens (including phenoxy) is 1. The number of esters is 1. The van der Waals surface area contributed by atoms with Crippen LogP contribution in [0.3, 0.4) is 0 Å². The van der Waals surface area contributed by atoms with E-state index in [2.05, 4.69) is 0 Å². The van der Waals surface area contributed by atoms with Gasteiger partial charge in [0.1, 0.15) is 52.7 Å². The number of aliphatic carboxylic acids is 1. The first-order chi connectivity index (χ1) is 33.3. The van der Waals surface area contributed by atoms with E-state index < -0.39 is 163 Å². The van der Waals surface area contributed by atoms with Crippen molar-refractivity contribution in [2.75, 3.05) is 6.61 Å². The summed E-state index contributed by atoms with van der Waals surface area (Å²) < 4.78 is 300. The number of benzene rings is 6. The number of carbonyl (C=O) groups is 3. The van der Waals surface area contributed by atoms with Crippen molar-refractivity contribution in [1.29, 1.82) is 0 Å². The smallest absolute Gasteiger partial charge is 0.404 e. The molecular formula is C44H16BF20NO5. The van der Waals surface area contributed by atoms with E-state index in [1.807, 2.05) is 18.2 Å². The minimum absolute atomic E-state index is 0.0631. The van der Waals surface area contributed by atoms with Crippen molar-refractivity contribution in [2.45, 2.75) is 6.54 Å². The number of rotatable bonds is 10. The number of halogens is 20. The molecule has 370 valence electrons. The van der Waals surface area contributed by atoms with Crippen molar-refractivity contribution in [1.82, 2.24) is 0 Å². The van der Waals surface area contributed by atoms with Gasteiger partial charge in [-0.25, -0.2) is 97.4 Å². The Morgan fingerprint density at radius 1 is 0.423 bits per heavy atom. The molecule has 0 saturated heterocycles. The second kappa shape index (κ2) is 19.8. The van der Waals surface area contributed by atoms with Gasteiger partial charge in [-0.1, -0.05) is 48.5 Å². The Labute approximate surface area is 380 Å². The Morgan fingerprint density at radius 2 is 0.732 bits per heavy atom. The molecule has 0 spiro atoms. The van der Waals surface area contributed by atoms with Crippen molar-refractivity contribution in [2.24, 2.45) is 0 Å². The van der Waals surface area contributed by atoms with Crippen molar-refractivity contribution in [3.8, 4) is 0 Å². The number of ketones is 1. The SMILES string of the molecule is Fc1c(F)c(F)c([B-](c2c(F)c(F)c(F)c(F)c2F)(c2c(F)c(F)c(F)c(F)c2F)c2c(F)c(F)c(F)c(F)c2F)c(F)c1F.O=C(O)COC(=O)c1c2ccccc2cc[n+]1CC(=O)c1ccccc1. The second-order valence-corrected chi connectivity index (χ2v) is 14.4. The van der Waals surface area contributed by atoms with Crippen LogP contribution in [0.2, 0.25) is 0 Å². The van der Waals surface area contributed by atoms with Crippen LogP contribution in [0.25, 0.3) is 10.8 Å². The molecule has 7 rings (SSSR count). The standard InChI is InChI=1S/C24BF20.C20H15NO5/c26-5-1(6(27)14(35)21(42)13(5)34)25(2-7(28)15(36)22(43)16(37)8(2)29,3-9(30)17(38)23(44)18(39)10(3)31)4-11(32)19(40)24(45)20(41)12(4)33;22-17(15-7-2-1-3-8-15)12-21-11-10-14-6-4-5-9-16(14)19(21)20(25)26-13-18(23)24/h;1-11H,12-13H2/q-1;/p+1. The zero-order valence-corrected chi connectivity index (χ0v) is 33.9. The summed E-state index contributed by atoms with van der Waals surface area (Å²) in [7, 11) is 0. The van der Waals surface area contributed by atoms with Crippen LogP contribution in [0.4, 0.5) is 87.8 Å². The zero-order chi connectivity index (χ0) is 52.9. The summed E-state index contributed by atoms with van der Waals surface area (Å²) >= 11 is 0. The average molecular weight is 1030 g/mol. The van der Waals surface area contributed by atoms with E-state index in [0.717, 1.165) is 5.39 Å². The Kier molecular flexibility index (Phi) is 14.6. The van der Waals surface area contributed by atoms with Gasteiger partial charge >= 0.3 is 11.9 Å². The van der Waals surface area contributed by atoms with E-state index in [4.69, 9.17) is 9.84 Å². The number of fused-ring (bicyclic) bond motifs is 1. The fourth-order valence-corrected chi connectivity index (χ4v) is 7.56. The molecule has 0 saturated carbocycles. The lowest BCUT2D eigenvalue weighted by Crippen LogP contribution is -2.81. The van der Waals surface area contributed by atoms with Gasteiger partial charge in [0, 0.05) is 11.6 Å². The quantitative estimate of drug-likeness (QED) is 0.0285. The monoisotopic (exact) mass is 1030 g/mol. The van der Waals surface area contributed by atoms with E-state index in [0.29, 0.717) is 10.9 Å². The van der Waals surface area contributed by atoms with Gasteiger partial charge in [0.05, 0.1) is 5.39 Å². The van der Waals surface area contributed by atoms with Crippen molar-refractivity contribution >= 4 is 56.5 Å². The van der Waals surface area contributed by atoms with E-state index in [9.17, 15) is 67.1 Å². The molecule has 1 heterocycles. The Morgan fingerprint density at radius 3 is 1.07 bits per heavy atom. The first kappa shape index (κ1) is 52.4. The highest BCUT2D eigenvalue weighted by Gasteiger charge is 2.52. The van der Waals surface area contributed by atoms with E-state index in [1.54, 1.807) is 48.7 Å². The lowest BCUT2D eigenvalue weighted by Gasteiger charge is -2.44. The van der Waals surface area contributed by atoms with E-state index in [1.165, 1.54) is 4.57 Å². The molecule has 1 aromatic heterocycles. The van der Waals surface area contributed by atoms with Crippen LogP contribution in [-0.4, -0.2) is 35.6 Å². The van der Waals surface area contributed by atoms with Crippen molar-refractivity contribution in [3.05, 3.63) is 194 Å². The van der Waals surface area contributed by atoms with Gasteiger partial charge < -0.3 is 9.84 Å². The number of Topliss-reactive ketones (excluding diaryl/α,β-unsaturated/α-hetero) is 1. The maximum absolute atomic E-state index is 15.4. The number of aromatic nitrogens is 1. The minimum atomic E-state index is -7.22. The first-order valence-electron chi connectivity index (χ1n) is 18.9. The summed E-state index contributed by atoms with van der Waals surface area (Å²) in [6.07, 6.45) is -5.59. The Hall–Kier alpha value is -8.00. The molecule has 1 N–H and O–H groups in total. The second-order valence-electron chi connectivity index (χ2n) is 14.4. The summed E-state index contributed by atoms with van der Waals surface area (Å²) in [5, 5.41) is 10.1. The van der Waals surface area contributed by atoms with Gasteiger partial charge in [-0.15, -0.1) is 21.9 Å². The highest BCUT2D eigenvalue weighted by Crippen LogP contribution is 2.31. The highest BCUT2D eigenvalue weighted by molar-refractivity contribution is 7.20. The molecule has 71 heavy (non-hydrogen) atoms. The summed E-state index contributed by atoms with van der Waals surface area (Å²) in [4.78, 5) is 35.7. The number of hydrogen-bond donors (Lipinski definition) is 1. The van der Waals surface area contributed by atoms with Crippen LogP contribution in [0.5, 0.6) is 0 Å².